The fourth-order valence-electron chi connectivity index (χ4n) is 1.97. The standard InChI is InChI=1S/C13H21N3O3/c1-3-13(4-2,12(14)16-18)15-11(17)8-7-10-6-5-9-19-10/h5-6,9,18H,3-4,7-8H2,1-2H3,(H2,14,16)(H,15,17). The topological polar surface area (TPSA) is 101 Å². The van der Waals surface area contributed by atoms with Gasteiger partial charge >= 0.3 is 0 Å². The van der Waals surface area contributed by atoms with Crippen molar-refractivity contribution in [3.05, 3.63) is 24.2 Å². The molecule has 1 aromatic rings. The van der Waals surface area contributed by atoms with Crippen LogP contribution >= 0.6 is 0 Å². The van der Waals surface area contributed by atoms with Crippen molar-refractivity contribution in [3.63, 3.8) is 0 Å². The molecule has 0 aromatic carbocycles. The lowest BCUT2D eigenvalue weighted by Gasteiger charge is -2.31. The number of oxime groups is 1. The smallest absolute Gasteiger partial charge is 0.221 e. The molecule has 1 rings (SSSR count). The van der Waals surface area contributed by atoms with E-state index in [9.17, 15) is 4.79 Å². The van der Waals surface area contributed by atoms with E-state index in [1.54, 1.807) is 12.3 Å². The second-order valence-corrected chi connectivity index (χ2v) is 4.40. The largest absolute Gasteiger partial charge is 0.469 e. The van der Waals surface area contributed by atoms with Crippen molar-refractivity contribution in [1.29, 1.82) is 0 Å². The molecule has 0 fully saturated rings. The van der Waals surface area contributed by atoms with Gasteiger partial charge in [0, 0.05) is 12.8 Å². The molecule has 0 saturated carbocycles. The monoisotopic (exact) mass is 267 g/mol. The highest BCUT2D eigenvalue weighted by Gasteiger charge is 2.33. The second kappa shape index (κ2) is 6.82. The zero-order chi connectivity index (χ0) is 14.3. The van der Waals surface area contributed by atoms with Gasteiger partial charge in [-0.1, -0.05) is 19.0 Å². The van der Waals surface area contributed by atoms with Gasteiger partial charge in [0.25, 0.3) is 0 Å². The summed E-state index contributed by atoms with van der Waals surface area (Å²) in [6.07, 6.45) is 3.52. The Hall–Kier alpha value is -1.98. The van der Waals surface area contributed by atoms with Gasteiger partial charge in [0.15, 0.2) is 5.84 Å². The maximum Gasteiger partial charge on any atom is 0.221 e. The number of amides is 1. The summed E-state index contributed by atoms with van der Waals surface area (Å²) < 4.78 is 5.17. The first-order valence-electron chi connectivity index (χ1n) is 6.39. The van der Waals surface area contributed by atoms with Gasteiger partial charge in [0.05, 0.1) is 6.26 Å². The third-order valence-corrected chi connectivity index (χ3v) is 3.36. The Balaban J connectivity index is 2.61. The fourth-order valence-corrected chi connectivity index (χ4v) is 1.97. The lowest BCUT2D eigenvalue weighted by molar-refractivity contribution is -0.122. The number of amidine groups is 1. The molecule has 6 heteroatoms. The molecule has 0 spiro atoms. The van der Waals surface area contributed by atoms with E-state index in [0.717, 1.165) is 5.76 Å². The molecule has 1 amide bonds. The zero-order valence-electron chi connectivity index (χ0n) is 11.3. The van der Waals surface area contributed by atoms with Crippen LogP contribution in [0.3, 0.4) is 0 Å². The van der Waals surface area contributed by atoms with Gasteiger partial charge in [0.2, 0.25) is 5.91 Å². The van der Waals surface area contributed by atoms with Crippen LogP contribution in [0.4, 0.5) is 0 Å². The molecule has 0 atom stereocenters. The van der Waals surface area contributed by atoms with Crippen LogP contribution in [-0.2, 0) is 11.2 Å². The number of nitrogens with zero attached hydrogens (tertiary/aromatic N) is 1. The highest BCUT2D eigenvalue weighted by Crippen LogP contribution is 2.16. The van der Waals surface area contributed by atoms with Crippen molar-refractivity contribution in [2.75, 3.05) is 0 Å². The lowest BCUT2D eigenvalue weighted by Crippen LogP contribution is -2.56. The van der Waals surface area contributed by atoms with E-state index in [2.05, 4.69) is 10.5 Å². The molecule has 0 aliphatic rings. The van der Waals surface area contributed by atoms with Crippen molar-refractivity contribution >= 4 is 11.7 Å². The molecule has 4 N–H and O–H groups in total. The van der Waals surface area contributed by atoms with Gasteiger partial charge in [-0.15, -0.1) is 0 Å². The molecule has 6 nitrogen and oxygen atoms in total. The first-order valence-corrected chi connectivity index (χ1v) is 6.39. The summed E-state index contributed by atoms with van der Waals surface area (Å²) in [5.41, 5.74) is 4.90. The van der Waals surface area contributed by atoms with Crippen LogP contribution in [0.5, 0.6) is 0 Å². The molecule has 0 radical (unpaired) electrons. The molecule has 0 aliphatic heterocycles. The number of carbonyl (C=O) groups is 1. The molecular formula is C13H21N3O3. The number of aryl methyl sites for hydroxylation is 1. The van der Waals surface area contributed by atoms with E-state index in [4.69, 9.17) is 15.4 Å². The number of carbonyl (C=O) groups excluding carboxylic acids is 1. The first kappa shape index (κ1) is 15.1. The van der Waals surface area contributed by atoms with Crippen LogP contribution in [0.15, 0.2) is 28.0 Å². The number of hydrogen-bond acceptors (Lipinski definition) is 4. The van der Waals surface area contributed by atoms with E-state index < -0.39 is 5.54 Å². The third-order valence-electron chi connectivity index (χ3n) is 3.36. The predicted molar refractivity (Wildman–Crippen MR) is 71.9 cm³/mol. The molecular weight excluding hydrogens is 246 g/mol. The van der Waals surface area contributed by atoms with Gasteiger partial charge in [-0.05, 0) is 25.0 Å². The van der Waals surface area contributed by atoms with E-state index in [1.807, 2.05) is 19.9 Å². The first-order chi connectivity index (χ1) is 9.07. The quantitative estimate of drug-likeness (QED) is 0.302. The number of nitrogens with one attached hydrogen (secondary N) is 1. The zero-order valence-corrected chi connectivity index (χ0v) is 11.3. The lowest BCUT2D eigenvalue weighted by atomic mass is 9.91. The van der Waals surface area contributed by atoms with Crippen LogP contribution in [0.1, 0.15) is 38.9 Å². The minimum Gasteiger partial charge on any atom is -0.469 e. The van der Waals surface area contributed by atoms with Gasteiger partial charge < -0.3 is 20.7 Å². The van der Waals surface area contributed by atoms with E-state index in [1.165, 1.54) is 0 Å². The molecule has 0 unspecified atom stereocenters. The van der Waals surface area contributed by atoms with Crippen LogP contribution in [-0.4, -0.2) is 22.5 Å². The Morgan fingerprint density at radius 1 is 1.53 bits per heavy atom. The average Bonchev–Trinajstić information content (AvgIpc) is 2.95. The number of nitrogens with two attached hydrogens (primary N) is 1. The van der Waals surface area contributed by atoms with Gasteiger partial charge in [-0.2, -0.15) is 0 Å². The van der Waals surface area contributed by atoms with E-state index in [-0.39, 0.29) is 11.7 Å². The van der Waals surface area contributed by atoms with Gasteiger partial charge in [0.1, 0.15) is 11.3 Å². The van der Waals surface area contributed by atoms with Gasteiger partial charge in [-0.3, -0.25) is 4.79 Å². The molecule has 1 heterocycles. The highest BCUT2D eigenvalue weighted by molar-refractivity contribution is 5.93. The van der Waals surface area contributed by atoms with Crippen LogP contribution in [0, 0.1) is 0 Å². The molecule has 0 aliphatic carbocycles. The number of hydrogen-bond donors (Lipinski definition) is 3. The van der Waals surface area contributed by atoms with E-state index >= 15 is 0 Å². The Labute approximate surface area is 112 Å². The summed E-state index contributed by atoms with van der Waals surface area (Å²) in [4.78, 5) is 11.9. The molecule has 1 aromatic heterocycles. The van der Waals surface area contributed by atoms with Crippen molar-refractivity contribution in [3.8, 4) is 0 Å². The summed E-state index contributed by atoms with van der Waals surface area (Å²) in [5, 5.41) is 14.7. The summed E-state index contributed by atoms with van der Waals surface area (Å²) in [7, 11) is 0. The second-order valence-electron chi connectivity index (χ2n) is 4.40. The minimum absolute atomic E-state index is 0.0313. The molecule has 0 saturated heterocycles. The maximum atomic E-state index is 11.9. The van der Waals surface area contributed by atoms with Crippen LogP contribution < -0.4 is 11.1 Å². The number of rotatable bonds is 7. The van der Waals surface area contributed by atoms with Crippen molar-refractivity contribution < 1.29 is 14.4 Å². The van der Waals surface area contributed by atoms with Crippen molar-refractivity contribution in [2.45, 2.75) is 45.1 Å². The van der Waals surface area contributed by atoms with Crippen molar-refractivity contribution in [1.82, 2.24) is 5.32 Å². The Bertz CT molecular complexity index is 422. The summed E-state index contributed by atoms with van der Waals surface area (Å²) in [6.45, 7) is 3.77. The molecule has 19 heavy (non-hydrogen) atoms. The Morgan fingerprint density at radius 3 is 2.68 bits per heavy atom. The van der Waals surface area contributed by atoms with Crippen molar-refractivity contribution in [2.24, 2.45) is 10.9 Å². The normalized spacial score (nSPS) is 12.4. The fraction of sp³-hybridized carbons (Fsp3) is 0.538. The number of furan rings is 1. The predicted octanol–water partition coefficient (Wildman–Crippen LogP) is 1.63. The third kappa shape index (κ3) is 3.74. The summed E-state index contributed by atoms with van der Waals surface area (Å²) in [5.74, 6) is 0.646. The Morgan fingerprint density at radius 2 is 2.21 bits per heavy atom. The molecule has 106 valence electrons. The highest BCUT2D eigenvalue weighted by atomic mass is 16.4. The van der Waals surface area contributed by atoms with E-state index in [0.29, 0.717) is 25.7 Å². The van der Waals surface area contributed by atoms with Crippen LogP contribution in [0.25, 0.3) is 0 Å². The SMILES string of the molecule is CCC(CC)(NC(=O)CCc1ccco1)/C(N)=N/O. The summed E-state index contributed by atoms with van der Waals surface area (Å²) in [6, 6.07) is 3.61. The average molecular weight is 267 g/mol. The molecule has 0 bridgehead atoms. The van der Waals surface area contributed by atoms with Gasteiger partial charge in [-0.25, -0.2) is 0 Å². The Kier molecular flexibility index (Phi) is 5.41. The van der Waals surface area contributed by atoms with Crippen LogP contribution in [0.2, 0.25) is 0 Å². The minimum atomic E-state index is -0.783. The summed E-state index contributed by atoms with van der Waals surface area (Å²) >= 11 is 0. The maximum absolute atomic E-state index is 11.9.